The summed E-state index contributed by atoms with van der Waals surface area (Å²) in [5, 5.41) is 3.09. The number of likely N-dealkylation sites (tertiary alicyclic amines) is 1. The molecule has 2 fully saturated rings. The molecule has 0 bridgehead atoms. The van der Waals surface area contributed by atoms with Crippen LogP contribution in [0.1, 0.15) is 27.4 Å². The molecular formula is C18H28N4O4S2. The Balaban J connectivity index is 1.39. The van der Waals surface area contributed by atoms with Crippen molar-refractivity contribution in [3.05, 3.63) is 21.9 Å². The van der Waals surface area contributed by atoms with E-state index < -0.39 is 10.0 Å². The molecule has 2 aliphatic rings. The van der Waals surface area contributed by atoms with E-state index >= 15 is 0 Å². The Labute approximate surface area is 170 Å². The average Bonchev–Trinajstić information content (AvgIpc) is 3.09. The topological polar surface area (TPSA) is 90.0 Å². The second-order valence-electron chi connectivity index (χ2n) is 7.48. The van der Waals surface area contributed by atoms with Crippen molar-refractivity contribution < 1.29 is 18.0 Å². The second-order valence-corrected chi connectivity index (χ2v) is 10.7. The first kappa shape index (κ1) is 21.2. The van der Waals surface area contributed by atoms with Crippen LogP contribution in [0.3, 0.4) is 0 Å². The Kier molecular flexibility index (Phi) is 6.74. The summed E-state index contributed by atoms with van der Waals surface area (Å²) in [5.74, 6) is 0.0288. The summed E-state index contributed by atoms with van der Waals surface area (Å²) < 4.78 is 24.5. The summed E-state index contributed by atoms with van der Waals surface area (Å²) in [6, 6.07) is 3.94. The Morgan fingerprint density at radius 3 is 2.29 bits per heavy atom. The predicted octanol–water partition coefficient (Wildman–Crippen LogP) is 0.355. The molecule has 2 amide bonds. The molecule has 0 atom stereocenters. The fraction of sp³-hybridized carbons (Fsp3) is 0.667. The number of hydrogen-bond donors (Lipinski definition) is 1. The molecule has 3 heterocycles. The molecule has 0 aromatic carbocycles. The Morgan fingerprint density at radius 2 is 1.75 bits per heavy atom. The maximum Gasteiger partial charge on any atom is 0.261 e. The number of carbonyl (C=O) groups excluding carboxylic acids is 2. The highest BCUT2D eigenvalue weighted by Gasteiger charge is 2.28. The van der Waals surface area contributed by atoms with Crippen molar-refractivity contribution in [1.82, 2.24) is 19.4 Å². The number of thiophene rings is 1. The van der Waals surface area contributed by atoms with Gasteiger partial charge in [-0.2, -0.15) is 4.31 Å². The number of piperazine rings is 1. The van der Waals surface area contributed by atoms with Crippen LogP contribution in [0.15, 0.2) is 12.1 Å². The number of rotatable bonds is 5. The molecule has 1 N–H and O–H groups in total. The third-order valence-electron chi connectivity index (χ3n) is 5.31. The Hall–Kier alpha value is -1.49. The van der Waals surface area contributed by atoms with Crippen LogP contribution in [0.25, 0.3) is 0 Å². The van der Waals surface area contributed by atoms with Gasteiger partial charge >= 0.3 is 0 Å². The van der Waals surface area contributed by atoms with Crippen molar-refractivity contribution in [1.29, 1.82) is 0 Å². The SMILES string of the molecule is Cc1ccc(C(=O)NC2CCN(CC(=O)N3CCN(S(C)(=O)=O)CC3)CC2)s1. The van der Waals surface area contributed by atoms with Gasteiger partial charge in [-0.05, 0) is 31.9 Å². The molecule has 0 radical (unpaired) electrons. The molecule has 3 rings (SSSR count). The van der Waals surface area contributed by atoms with Crippen molar-refractivity contribution in [2.75, 3.05) is 52.1 Å². The van der Waals surface area contributed by atoms with Crippen molar-refractivity contribution in [3.8, 4) is 0 Å². The van der Waals surface area contributed by atoms with Crippen molar-refractivity contribution in [3.63, 3.8) is 0 Å². The molecule has 28 heavy (non-hydrogen) atoms. The standard InChI is InChI=1S/C18H28N4O4S2/c1-14-3-4-16(27-14)18(24)19-15-5-7-20(8-6-15)13-17(23)21-9-11-22(12-10-21)28(2,25)26/h3-4,15H,5-13H2,1-2H3,(H,19,24). The summed E-state index contributed by atoms with van der Waals surface area (Å²) in [6.07, 6.45) is 2.85. The molecule has 0 saturated carbocycles. The van der Waals surface area contributed by atoms with Gasteiger partial charge in [0.2, 0.25) is 15.9 Å². The van der Waals surface area contributed by atoms with Crippen LogP contribution in [0.4, 0.5) is 0 Å². The monoisotopic (exact) mass is 428 g/mol. The lowest BCUT2D eigenvalue weighted by Crippen LogP contribution is -2.53. The summed E-state index contributed by atoms with van der Waals surface area (Å²) in [6.45, 7) is 5.48. The highest BCUT2D eigenvalue weighted by molar-refractivity contribution is 7.88. The van der Waals surface area contributed by atoms with Crippen LogP contribution < -0.4 is 5.32 Å². The van der Waals surface area contributed by atoms with E-state index in [1.165, 1.54) is 21.9 Å². The van der Waals surface area contributed by atoms with Crippen LogP contribution in [0.5, 0.6) is 0 Å². The fourth-order valence-corrected chi connectivity index (χ4v) is 5.21. The number of piperidine rings is 1. The van der Waals surface area contributed by atoms with Gasteiger partial charge in [0, 0.05) is 50.2 Å². The maximum absolute atomic E-state index is 12.5. The number of amides is 2. The van der Waals surface area contributed by atoms with Crippen LogP contribution in [-0.4, -0.2) is 92.4 Å². The normalized spacial score (nSPS) is 20.3. The first-order valence-corrected chi connectivity index (χ1v) is 12.2. The Bertz CT molecular complexity index is 807. The maximum atomic E-state index is 12.5. The van der Waals surface area contributed by atoms with Crippen LogP contribution in [0.2, 0.25) is 0 Å². The molecule has 0 unspecified atom stereocenters. The molecule has 0 aliphatic carbocycles. The summed E-state index contributed by atoms with van der Waals surface area (Å²) in [7, 11) is -3.19. The van der Waals surface area contributed by atoms with E-state index in [-0.39, 0.29) is 17.9 Å². The van der Waals surface area contributed by atoms with Gasteiger partial charge in [0.25, 0.3) is 5.91 Å². The first-order chi connectivity index (χ1) is 13.2. The summed E-state index contributed by atoms with van der Waals surface area (Å²) in [5.41, 5.74) is 0. The number of hydrogen-bond acceptors (Lipinski definition) is 6. The quantitative estimate of drug-likeness (QED) is 0.731. The van der Waals surface area contributed by atoms with Gasteiger partial charge in [-0.3, -0.25) is 14.5 Å². The minimum atomic E-state index is -3.19. The minimum Gasteiger partial charge on any atom is -0.349 e. The van der Waals surface area contributed by atoms with E-state index in [2.05, 4.69) is 10.2 Å². The van der Waals surface area contributed by atoms with Crippen LogP contribution in [-0.2, 0) is 14.8 Å². The third kappa shape index (κ3) is 5.53. The highest BCUT2D eigenvalue weighted by Crippen LogP contribution is 2.17. The molecular weight excluding hydrogens is 400 g/mol. The zero-order valence-electron chi connectivity index (χ0n) is 16.4. The average molecular weight is 429 g/mol. The zero-order valence-corrected chi connectivity index (χ0v) is 18.0. The van der Waals surface area contributed by atoms with Gasteiger partial charge in [0.1, 0.15) is 0 Å². The molecule has 2 aliphatic heterocycles. The van der Waals surface area contributed by atoms with Gasteiger partial charge in [0.05, 0.1) is 17.7 Å². The lowest BCUT2D eigenvalue weighted by molar-refractivity contribution is -0.133. The smallest absolute Gasteiger partial charge is 0.261 e. The van der Waals surface area contributed by atoms with Crippen LogP contribution in [0, 0.1) is 6.92 Å². The number of sulfonamides is 1. The van der Waals surface area contributed by atoms with Gasteiger partial charge in [-0.25, -0.2) is 8.42 Å². The molecule has 1 aromatic rings. The fourth-order valence-electron chi connectivity index (χ4n) is 3.61. The van der Waals surface area contributed by atoms with Crippen LogP contribution >= 0.6 is 11.3 Å². The van der Waals surface area contributed by atoms with E-state index in [4.69, 9.17) is 0 Å². The van der Waals surface area contributed by atoms with E-state index in [0.29, 0.717) is 32.7 Å². The minimum absolute atomic E-state index is 0.0172. The van der Waals surface area contributed by atoms with Gasteiger partial charge in [-0.1, -0.05) is 0 Å². The number of carbonyl (C=O) groups is 2. The van der Waals surface area contributed by atoms with Gasteiger partial charge in [-0.15, -0.1) is 11.3 Å². The molecule has 0 spiro atoms. The highest BCUT2D eigenvalue weighted by atomic mass is 32.2. The lowest BCUT2D eigenvalue weighted by Gasteiger charge is -2.36. The molecule has 8 nitrogen and oxygen atoms in total. The molecule has 10 heteroatoms. The van der Waals surface area contributed by atoms with E-state index in [1.807, 2.05) is 19.1 Å². The number of nitrogens with zero attached hydrogens (tertiary/aromatic N) is 3. The Morgan fingerprint density at radius 1 is 1.11 bits per heavy atom. The van der Waals surface area contributed by atoms with E-state index in [1.54, 1.807) is 4.90 Å². The van der Waals surface area contributed by atoms with Crippen molar-refractivity contribution in [2.24, 2.45) is 0 Å². The van der Waals surface area contributed by atoms with Crippen molar-refractivity contribution in [2.45, 2.75) is 25.8 Å². The molecule has 156 valence electrons. The lowest BCUT2D eigenvalue weighted by atomic mass is 10.0. The zero-order chi connectivity index (χ0) is 20.3. The van der Waals surface area contributed by atoms with Gasteiger partial charge in [0.15, 0.2) is 0 Å². The second kappa shape index (κ2) is 8.89. The van der Waals surface area contributed by atoms with E-state index in [9.17, 15) is 18.0 Å². The predicted molar refractivity (Wildman–Crippen MR) is 109 cm³/mol. The summed E-state index contributed by atoms with van der Waals surface area (Å²) in [4.78, 5) is 30.5. The number of nitrogens with one attached hydrogen (secondary N) is 1. The third-order valence-corrected chi connectivity index (χ3v) is 7.61. The van der Waals surface area contributed by atoms with Gasteiger partial charge < -0.3 is 10.2 Å². The molecule has 2 saturated heterocycles. The first-order valence-electron chi connectivity index (χ1n) is 9.55. The van der Waals surface area contributed by atoms with Crippen molar-refractivity contribution >= 4 is 33.2 Å². The summed E-state index contributed by atoms with van der Waals surface area (Å²) >= 11 is 1.50. The molecule has 1 aromatic heterocycles. The largest absolute Gasteiger partial charge is 0.349 e. The number of aryl methyl sites for hydroxylation is 1. The van der Waals surface area contributed by atoms with E-state index in [0.717, 1.165) is 35.7 Å².